The first kappa shape index (κ1) is 18.5. The molecule has 0 spiro atoms. The van der Waals surface area contributed by atoms with Crippen molar-refractivity contribution in [3.63, 3.8) is 0 Å². The van der Waals surface area contributed by atoms with Gasteiger partial charge in [-0.1, -0.05) is 19.8 Å². The molecule has 2 unspecified atom stereocenters. The van der Waals surface area contributed by atoms with Crippen LogP contribution in [0.15, 0.2) is 0 Å². The summed E-state index contributed by atoms with van der Waals surface area (Å²) in [7, 11) is 4.07. The minimum atomic E-state index is 0.0317. The van der Waals surface area contributed by atoms with Crippen LogP contribution >= 0.6 is 0 Å². The average molecular weight is 325 g/mol. The fourth-order valence-electron chi connectivity index (χ4n) is 3.75. The first-order valence-electron chi connectivity index (χ1n) is 9.35. The monoisotopic (exact) mass is 325 g/mol. The molecule has 1 N–H and O–H groups in total. The van der Waals surface area contributed by atoms with Crippen LogP contribution in [0, 0.1) is 11.8 Å². The number of nitrogens with zero attached hydrogens (tertiary/aromatic N) is 2. The van der Waals surface area contributed by atoms with Crippen molar-refractivity contribution in [2.24, 2.45) is 11.8 Å². The van der Waals surface area contributed by atoms with Gasteiger partial charge >= 0.3 is 6.03 Å². The molecule has 2 rings (SSSR count). The van der Waals surface area contributed by atoms with Gasteiger partial charge in [0.1, 0.15) is 0 Å². The molecule has 134 valence electrons. The number of urea groups is 1. The highest BCUT2D eigenvalue weighted by molar-refractivity contribution is 5.73. The van der Waals surface area contributed by atoms with Gasteiger partial charge in [0.2, 0.25) is 0 Å². The number of nitrogens with one attached hydrogen (secondary N) is 1. The third-order valence-corrected chi connectivity index (χ3v) is 5.46. The van der Waals surface area contributed by atoms with E-state index in [0.717, 1.165) is 19.6 Å². The van der Waals surface area contributed by atoms with Crippen LogP contribution in [0.3, 0.4) is 0 Å². The normalized spacial score (nSPS) is 26.9. The Labute approximate surface area is 141 Å². The summed E-state index contributed by atoms with van der Waals surface area (Å²) in [5.41, 5.74) is 0. The summed E-state index contributed by atoms with van der Waals surface area (Å²) < 4.78 is 5.95. The molecular formula is C18H35N3O2. The van der Waals surface area contributed by atoms with Gasteiger partial charge < -0.3 is 19.9 Å². The summed E-state index contributed by atoms with van der Waals surface area (Å²) in [4.78, 5) is 16.3. The van der Waals surface area contributed by atoms with Gasteiger partial charge in [0.25, 0.3) is 0 Å². The van der Waals surface area contributed by atoms with E-state index < -0.39 is 0 Å². The van der Waals surface area contributed by atoms with Crippen molar-refractivity contribution in [3.05, 3.63) is 0 Å². The van der Waals surface area contributed by atoms with Crippen molar-refractivity contribution < 1.29 is 9.53 Å². The van der Waals surface area contributed by atoms with Crippen molar-refractivity contribution in [1.82, 2.24) is 15.1 Å². The molecule has 2 atom stereocenters. The van der Waals surface area contributed by atoms with Gasteiger partial charge in [-0.2, -0.15) is 0 Å². The van der Waals surface area contributed by atoms with Gasteiger partial charge in [0, 0.05) is 20.1 Å². The Morgan fingerprint density at radius 1 is 1.22 bits per heavy atom. The van der Waals surface area contributed by atoms with Crippen LogP contribution in [-0.4, -0.2) is 68.8 Å². The van der Waals surface area contributed by atoms with Gasteiger partial charge in [0.05, 0.1) is 12.7 Å². The summed E-state index contributed by atoms with van der Waals surface area (Å²) in [5, 5.41) is 2.99. The van der Waals surface area contributed by atoms with Crippen LogP contribution in [0.4, 0.5) is 4.79 Å². The maximum atomic E-state index is 12.1. The Kier molecular flexibility index (Phi) is 7.63. The van der Waals surface area contributed by atoms with E-state index >= 15 is 0 Å². The van der Waals surface area contributed by atoms with Gasteiger partial charge in [-0.15, -0.1) is 0 Å². The number of likely N-dealkylation sites (tertiary alicyclic amines) is 1. The molecule has 2 aliphatic rings. The van der Waals surface area contributed by atoms with E-state index in [9.17, 15) is 4.79 Å². The van der Waals surface area contributed by atoms with Crippen LogP contribution in [0.5, 0.6) is 0 Å². The molecule has 0 aromatic heterocycles. The second kappa shape index (κ2) is 9.48. The van der Waals surface area contributed by atoms with E-state index in [-0.39, 0.29) is 6.03 Å². The summed E-state index contributed by atoms with van der Waals surface area (Å²) >= 11 is 0. The quantitative estimate of drug-likeness (QED) is 0.764. The van der Waals surface area contributed by atoms with Crippen molar-refractivity contribution in [1.29, 1.82) is 0 Å². The van der Waals surface area contributed by atoms with Gasteiger partial charge in [0.15, 0.2) is 0 Å². The molecule has 5 heteroatoms. The molecule has 2 amide bonds. The van der Waals surface area contributed by atoms with Crippen molar-refractivity contribution in [3.8, 4) is 0 Å². The van der Waals surface area contributed by atoms with Crippen molar-refractivity contribution in [2.45, 2.75) is 51.6 Å². The van der Waals surface area contributed by atoms with Crippen LogP contribution in [0.25, 0.3) is 0 Å². The maximum absolute atomic E-state index is 12.1. The topological polar surface area (TPSA) is 44.8 Å². The van der Waals surface area contributed by atoms with Gasteiger partial charge in [-0.05, 0) is 57.7 Å². The molecule has 0 bridgehead atoms. The minimum Gasteiger partial charge on any atom is -0.376 e. The SMILES string of the molecule is CC1CCCCC1OCCNC(=O)N(C)CC1CCN(C)CC1. The third-order valence-electron chi connectivity index (χ3n) is 5.46. The van der Waals surface area contributed by atoms with E-state index in [0.29, 0.717) is 31.1 Å². The zero-order valence-corrected chi connectivity index (χ0v) is 15.2. The molecule has 23 heavy (non-hydrogen) atoms. The molecule has 0 radical (unpaired) electrons. The third kappa shape index (κ3) is 6.30. The lowest BCUT2D eigenvalue weighted by atomic mass is 9.88. The molecular weight excluding hydrogens is 290 g/mol. The fourth-order valence-corrected chi connectivity index (χ4v) is 3.75. The summed E-state index contributed by atoms with van der Waals surface area (Å²) in [5.74, 6) is 1.30. The number of hydrogen-bond acceptors (Lipinski definition) is 3. The second-order valence-corrected chi connectivity index (χ2v) is 7.53. The highest BCUT2D eigenvalue weighted by atomic mass is 16.5. The van der Waals surface area contributed by atoms with Gasteiger partial charge in [-0.3, -0.25) is 0 Å². The summed E-state index contributed by atoms with van der Waals surface area (Å²) in [6.07, 6.45) is 7.83. The lowest BCUT2D eigenvalue weighted by molar-refractivity contribution is -0.00270. The van der Waals surface area contributed by atoms with E-state index in [1.807, 2.05) is 11.9 Å². The first-order valence-corrected chi connectivity index (χ1v) is 9.35. The van der Waals surface area contributed by atoms with E-state index in [1.54, 1.807) is 0 Å². The molecule has 1 saturated heterocycles. The zero-order valence-electron chi connectivity index (χ0n) is 15.2. The molecule has 1 aliphatic carbocycles. The number of hydrogen-bond donors (Lipinski definition) is 1. The second-order valence-electron chi connectivity index (χ2n) is 7.53. The van der Waals surface area contributed by atoms with E-state index in [2.05, 4.69) is 24.2 Å². The Morgan fingerprint density at radius 3 is 2.61 bits per heavy atom. The van der Waals surface area contributed by atoms with E-state index in [1.165, 1.54) is 38.5 Å². The fraction of sp³-hybridized carbons (Fsp3) is 0.944. The number of carbonyl (C=O) groups is 1. The number of piperidine rings is 1. The molecule has 0 aromatic rings. The zero-order chi connectivity index (χ0) is 16.7. The van der Waals surface area contributed by atoms with Gasteiger partial charge in [-0.25, -0.2) is 4.79 Å². The molecule has 1 heterocycles. The highest BCUT2D eigenvalue weighted by Crippen LogP contribution is 2.26. The molecule has 2 fully saturated rings. The Morgan fingerprint density at radius 2 is 1.91 bits per heavy atom. The lowest BCUT2D eigenvalue weighted by Gasteiger charge is -2.31. The molecule has 5 nitrogen and oxygen atoms in total. The number of carbonyl (C=O) groups excluding carboxylic acids is 1. The lowest BCUT2D eigenvalue weighted by Crippen LogP contribution is -2.43. The molecule has 0 aromatic carbocycles. The number of amides is 2. The van der Waals surface area contributed by atoms with Crippen molar-refractivity contribution in [2.75, 3.05) is 46.9 Å². The average Bonchev–Trinajstić information content (AvgIpc) is 2.55. The Bertz CT molecular complexity index is 356. The number of ether oxygens (including phenoxy) is 1. The Hall–Kier alpha value is -0.810. The summed E-state index contributed by atoms with van der Waals surface area (Å²) in [6.45, 7) is 6.67. The van der Waals surface area contributed by atoms with E-state index in [4.69, 9.17) is 4.74 Å². The van der Waals surface area contributed by atoms with Crippen molar-refractivity contribution >= 4 is 6.03 Å². The predicted molar refractivity (Wildman–Crippen MR) is 93.6 cm³/mol. The minimum absolute atomic E-state index is 0.0317. The van der Waals surface area contributed by atoms with Crippen LogP contribution in [0.2, 0.25) is 0 Å². The van der Waals surface area contributed by atoms with Crippen LogP contribution < -0.4 is 5.32 Å². The summed E-state index contributed by atoms with van der Waals surface area (Å²) in [6, 6.07) is 0.0317. The molecule has 1 aliphatic heterocycles. The van der Waals surface area contributed by atoms with Crippen LogP contribution in [0.1, 0.15) is 45.4 Å². The standard InChI is InChI=1S/C18H35N3O2/c1-15-6-4-5-7-17(15)23-13-10-19-18(22)21(3)14-16-8-11-20(2)12-9-16/h15-17H,4-14H2,1-3H3,(H,19,22). The maximum Gasteiger partial charge on any atom is 0.317 e. The largest absolute Gasteiger partial charge is 0.376 e. The predicted octanol–water partition coefficient (Wildman–Crippen LogP) is 2.56. The highest BCUT2D eigenvalue weighted by Gasteiger charge is 2.22. The first-order chi connectivity index (χ1) is 11.1. The molecule has 1 saturated carbocycles. The smallest absolute Gasteiger partial charge is 0.317 e. The number of rotatable bonds is 6. The Balaban J connectivity index is 1.56. The van der Waals surface area contributed by atoms with Crippen LogP contribution in [-0.2, 0) is 4.74 Å².